The summed E-state index contributed by atoms with van der Waals surface area (Å²) in [6.07, 6.45) is 0. The fraction of sp³-hybridized carbons (Fsp3) is 0.154. The first-order valence-corrected chi connectivity index (χ1v) is 10.7. The molecule has 0 spiro atoms. The van der Waals surface area contributed by atoms with Crippen LogP contribution >= 0.6 is 11.6 Å². The van der Waals surface area contributed by atoms with Crippen LogP contribution in [0.5, 0.6) is 5.75 Å². The number of ether oxygens (including phenoxy) is 1. The molecule has 0 unspecified atom stereocenters. The molecule has 0 bridgehead atoms. The number of para-hydroxylation sites is 2. The van der Waals surface area contributed by atoms with Gasteiger partial charge in [-0.25, -0.2) is 4.90 Å². The Bertz CT molecular complexity index is 1230. The molecule has 2 amide bonds. The fourth-order valence-corrected chi connectivity index (χ4v) is 3.75. The van der Waals surface area contributed by atoms with Gasteiger partial charge in [-0.2, -0.15) is 0 Å². The van der Waals surface area contributed by atoms with Crippen LogP contribution in [0.15, 0.2) is 72.4 Å². The second kappa shape index (κ2) is 8.89. The maximum absolute atomic E-state index is 13.6. The van der Waals surface area contributed by atoms with Crippen molar-refractivity contribution in [1.29, 1.82) is 0 Å². The highest BCUT2D eigenvalue weighted by atomic mass is 35.5. The van der Waals surface area contributed by atoms with Crippen molar-refractivity contribution in [1.82, 2.24) is 0 Å². The summed E-state index contributed by atoms with van der Waals surface area (Å²) < 4.78 is 5.70. The lowest BCUT2D eigenvalue weighted by Crippen LogP contribution is -2.32. The molecular weight excluding hydrogens is 424 g/mol. The van der Waals surface area contributed by atoms with Crippen LogP contribution in [0.25, 0.3) is 5.57 Å². The number of hydrogen-bond acceptors (Lipinski definition) is 4. The van der Waals surface area contributed by atoms with Crippen molar-refractivity contribution in [3.63, 3.8) is 0 Å². The van der Waals surface area contributed by atoms with Crippen molar-refractivity contribution in [3.05, 3.63) is 94.1 Å². The molecule has 4 rings (SSSR count). The summed E-state index contributed by atoms with van der Waals surface area (Å²) in [7, 11) is 0. The molecule has 32 heavy (non-hydrogen) atoms. The molecule has 1 aliphatic rings. The second-order valence-electron chi connectivity index (χ2n) is 7.53. The molecule has 0 saturated heterocycles. The first-order valence-electron chi connectivity index (χ1n) is 10.4. The topological polar surface area (TPSA) is 58.6 Å². The molecule has 3 aromatic rings. The van der Waals surface area contributed by atoms with Gasteiger partial charge in [0.25, 0.3) is 11.8 Å². The van der Waals surface area contributed by atoms with E-state index in [2.05, 4.69) is 5.32 Å². The van der Waals surface area contributed by atoms with Crippen LogP contribution < -0.4 is 15.0 Å². The largest absolute Gasteiger partial charge is 0.492 e. The first-order chi connectivity index (χ1) is 15.4. The second-order valence-corrected chi connectivity index (χ2v) is 7.96. The summed E-state index contributed by atoms with van der Waals surface area (Å²) in [6, 6.07) is 19.7. The molecule has 6 heteroatoms. The monoisotopic (exact) mass is 446 g/mol. The molecular formula is C26H23ClN2O3. The third-order valence-corrected chi connectivity index (χ3v) is 5.66. The fourth-order valence-electron chi connectivity index (χ4n) is 3.62. The van der Waals surface area contributed by atoms with Crippen molar-refractivity contribution >= 4 is 40.4 Å². The molecule has 1 N–H and O–H groups in total. The predicted molar refractivity (Wildman–Crippen MR) is 128 cm³/mol. The van der Waals surface area contributed by atoms with Crippen molar-refractivity contribution in [2.45, 2.75) is 20.8 Å². The van der Waals surface area contributed by atoms with Crippen molar-refractivity contribution in [3.8, 4) is 5.75 Å². The van der Waals surface area contributed by atoms with Gasteiger partial charge >= 0.3 is 0 Å². The number of hydrogen-bond donors (Lipinski definition) is 1. The number of anilines is 2. The van der Waals surface area contributed by atoms with Gasteiger partial charge in [0.2, 0.25) is 0 Å². The van der Waals surface area contributed by atoms with Gasteiger partial charge in [0.15, 0.2) is 0 Å². The predicted octanol–water partition coefficient (Wildman–Crippen LogP) is 5.75. The smallest absolute Gasteiger partial charge is 0.282 e. The van der Waals surface area contributed by atoms with Crippen molar-refractivity contribution < 1.29 is 14.3 Å². The van der Waals surface area contributed by atoms with Gasteiger partial charge in [-0.05, 0) is 73.9 Å². The maximum Gasteiger partial charge on any atom is 0.282 e. The lowest BCUT2D eigenvalue weighted by atomic mass is 9.99. The zero-order valence-electron chi connectivity index (χ0n) is 18.1. The van der Waals surface area contributed by atoms with Crippen LogP contribution in [0.4, 0.5) is 11.4 Å². The van der Waals surface area contributed by atoms with E-state index in [0.717, 1.165) is 11.1 Å². The number of aryl methyl sites for hydroxylation is 2. The lowest BCUT2D eigenvalue weighted by Gasteiger charge is -2.16. The Kier molecular flexibility index (Phi) is 6.01. The van der Waals surface area contributed by atoms with E-state index in [4.69, 9.17) is 16.3 Å². The Morgan fingerprint density at radius 1 is 0.906 bits per heavy atom. The number of nitrogens with zero attached hydrogens (tertiary/aromatic N) is 1. The van der Waals surface area contributed by atoms with E-state index in [1.54, 1.807) is 24.3 Å². The van der Waals surface area contributed by atoms with Crippen LogP contribution in [0.3, 0.4) is 0 Å². The molecule has 0 fully saturated rings. The zero-order chi connectivity index (χ0) is 22.8. The highest BCUT2D eigenvalue weighted by Gasteiger charge is 2.40. The third-order valence-electron chi connectivity index (χ3n) is 5.41. The normalized spacial score (nSPS) is 13.7. The van der Waals surface area contributed by atoms with Crippen LogP contribution in [0.1, 0.15) is 23.6 Å². The van der Waals surface area contributed by atoms with E-state index in [9.17, 15) is 9.59 Å². The number of benzene rings is 3. The van der Waals surface area contributed by atoms with Crippen LogP contribution in [0.2, 0.25) is 5.02 Å². The van der Waals surface area contributed by atoms with Crippen molar-refractivity contribution in [2.24, 2.45) is 0 Å². The van der Waals surface area contributed by atoms with E-state index in [1.165, 1.54) is 4.90 Å². The number of halogens is 1. The molecule has 1 aliphatic heterocycles. The first kappa shape index (κ1) is 21.7. The lowest BCUT2D eigenvalue weighted by molar-refractivity contribution is -0.120. The highest BCUT2D eigenvalue weighted by Crippen LogP contribution is 2.36. The molecule has 1 heterocycles. The number of nitrogens with one attached hydrogen (secondary N) is 1. The number of carbonyl (C=O) groups excluding carboxylic acids is 2. The summed E-state index contributed by atoms with van der Waals surface area (Å²) in [4.78, 5) is 28.2. The summed E-state index contributed by atoms with van der Waals surface area (Å²) in [5.41, 5.74) is 4.43. The van der Waals surface area contributed by atoms with Gasteiger partial charge in [-0.3, -0.25) is 9.59 Å². The summed E-state index contributed by atoms with van der Waals surface area (Å²) in [6.45, 7) is 6.36. The van der Waals surface area contributed by atoms with E-state index in [1.807, 2.05) is 63.2 Å². The Morgan fingerprint density at radius 3 is 2.31 bits per heavy atom. The number of amides is 2. The average Bonchev–Trinajstić information content (AvgIpc) is 3.02. The Balaban J connectivity index is 1.85. The van der Waals surface area contributed by atoms with Gasteiger partial charge in [0, 0.05) is 5.02 Å². The standard InChI is InChI=1S/C26H23ClN2O3/c1-4-32-22-8-6-5-7-21(22)28-24-23(18-10-9-16(2)17(3)15-18)25(30)29(26(24)31)20-13-11-19(27)12-14-20/h5-15,28H,4H2,1-3H3. The molecule has 0 aromatic heterocycles. The van der Waals surface area contributed by atoms with Gasteiger partial charge in [0.05, 0.1) is 23.6 Å². The van der Waals surface area contributed by atoms with Gasteiger partial charge in [-0.1, -0.05) is 41.9 Å². The molecule has 0 atom stereocenters. The Hall–Kier alpha value is -3.57. The van der Waals surface area contributed by atoms with Crippen LogP contribution in [-0.4, -0.2) is 18.4 Å². The van der Waals surface area contributed by atoms with E-state index in [-0.39, 0.29) is 5.70 Å². The summed E-state index contributed by atoms with van der Waals surface area (Å²) >= 11 is 6.01. The highest BCUT2D eigenvalue weighted by molar-refractivity contribution is 6.46. The Morgan fingerprint density at radius 2 is 1.62 bits per heavy atom. The van der Waals surface area contributed by atoms with Gasteiger partial charge in [-0.15, -0.1) is 0 Å². The number of carbonyl (C=O) groups is 2. The third kappa shape index (κ3) is 3.99. The van der Waals surface area contributed by atoms with Gasteiger partial charge < -0.3 is 10.1 Å². The van der Waals surface area contributed by atoms with Crippen LogP contribution in [-0.2, 0) is 9.59 Å². The van der Waals surface area contributed by atoms with Crippen molar-refractivity contribution in [2.75, 3.05) is 16.8 Å². The average molecular weight is 447 g/mol. The van der Waals surface area contributed by atoms with Crippen LogP contribution in [0, 0.1) is 13.8 Å². The molecule has 5 nitrogen and oxygen atoms in total. The number of rotatable bonds is 6. The van der Waals surface area contributed by atoms with E-state index < -0.39 is 11.8 Å². The minimum absolute atomic E-state index is 0.209. The molecule has 0 saturated carbocycles. The minimum atomic E-state index is -0.433. The molecule has 0 aliphatic carbocycles. The molecule has 162 valence electrons. The Labute approximate surface area is 192 Å². The van der Waals surface area contributed by atoms with E-state index in [0.29, 0.717) is 39.9 Å². The maximum atomic E-state index is 13.6. The number of imide groups is 1. The SMILES string of the molecule is CCOc1ccccc1NC1=C(c2ccc(C)c(C)c2)C(=O)N(c2ccc(Cl)cc2)C1=O. The van der Waals surface area contributed by atoms with Gasteiger partial charge in [0.1, 0.15) is 11.4 Å². The summed E-state index contributed by atoms with van der Waals surface area (Å²) in [5, 5.41) is 3.71. The zero-order valence-corrected chi connectivity index (χ0v) is 18.9. The summed E-state index contributed by atoms with van der Waals surface area (Å²) in [5.74, 6) is -0.221. The van der Waals surface area contributed by atoms with E-state index >= 15 is 0 Å². The minimum Gasteiger partial charge on any atom is -0.492 e. The quantitative estimate of drug-likeness (QED) is 0.489. The molecule has 3 aromatic carbocycles. The molecule has 0 radical (unpaired) electrons.